The normalized spacial score (nSPS) is 15.4. The van der Waals surface area contributed by atoms with Gasteiger partial charge in [-0.2, -0.15) is 5.10 Å². The molecule has 0 aliphatic heterocycles. The Kier molecular flexibility index (Phi) is 3.89. The summed E-state index contributed by atoms with van der Waals surface area (Å²) in [4.78, 5) is 11.0. The fourth-order valence-corrected chi connectivity index (χ4v) is 2.15. The van der Waals surface area contributed by atoms with E-state index < -0.39 is 21.4 Å². The molecule has 1 aromatic heterocycles. The summed E-state index contributed by atoms with van der Waals surface area (Å²) in [6, 6.07) is 1.30. The number of sulfonamides is 1. The molecule has 0 saturated carbocycles. The number of hydrogen-bond donors (Lipinski definition) is 3. The zero-order valence-corrected chi connectivity index (χ0v) is 10.4. The van der Waals surface area contributed by atoms with E-state index in [-0.39, 0.29) is 11.6 Å². The molecule has 1 rings (SSSR count). The van der Waals surface area contributed by atoms with Crippen molar-refractivity contribution in [1.82, 2.24) is 14.9 Å². The van der Waals surface area contributed by atoms with E-state index in [4.69, 9.17) is 5.11 Å². The summed E-state index contributed by atoms with van der Waals surface area (Å²) in [5.41, 5.74) is -1.12. The number of H-pyrrole nitrogens is 1. The fourth-order valence-electron chi connectivity index (χ4n) is 1.08. The van der Waals surface area contributed by atoms with E-state index in [0.29, 0.717) is 6.42 Å². The minimum absolute atomic E-state index is 0.0821. The predicted molar refractivity (Wildman–Crippen MR) is 59.8 cm³/mol. The van der Waals surface area contributed by atoms with Gasteiger partial charge >= 0.3 is 5.97 Å². The van der Waals surface area contributed by atoms with Crippen LogP contribution in [0.2, 0.25) is 0 Å². The second kappa shape index (κ2) is 4.84. The zero-order valence-electron chi connectivity index (χ0n) is 9.60. The molecule has 0 radical (unpaired) electrons. The van der Waals surface area contributed by atoms with E-state index in [1.165, 1.54) is 19.2 Å². The van der Waals surface area contributed by atoms with Gasteiger partial charge in [0.1, 0.15) is 0 Å². The highest BCUT2D eigenvalue weighted by Crippen LogP contribution is 2.20. The summed E-state index contributed by atoms with van der Waals surface area (Å²) in [5.74, 6) is -1.03. The average Bonchev–Trinajstić information content (AvgIpc) is 2.79. The molecular weight excluding hydrogens is 246 g/mol. The van der Waals surface area contributed by atoms with E-state index in [1.807, 2.05) is 0 Å². The van der Waals surface area contributed by atoms with Crippen molar-refractivity contribution in [3.05, 3.63) is 12.3 Å². The maximum absolute atomic E-state index is 11.7. The first-order valence-electron chi connectivity index (χ1n) is 5.04. The molecule has 1 atom stereocenters. The number of rotatable bonds is 6. The van der Waals surface area contributed by atoms with Crippen LogP contribution in [0.4, 0.5) is 0 Å². The molecule has 0 amide bonds. The maximum atomic E-state index is 11.7. The van der Waals surface area contributed by atoms with Crippen LogP contribution in [0, 0.1) is 5.41 Å². The molecule has 0 fully saturated rings. The first-order valence-corrected chi connectivity index (χ1v) is 6.52. The van der Waals surface area contributed by atoms with Gasteiger partial charge in [0.25, 0.3) is 10.0 Å². The number of hydrogen-bond acceptors (Lipinski definition) is 4. The molecule has 0 aliphatic carbocycles. The molecule has 0 spiro atoms. The monoisotopic (exact) mass is 261 g/mol. The molecule has 0 bridgehead atoms. The molecular formula is C9H15N3O4S. The van der Waals surface area contributed by atoms with Crippen LogP contribution in [0.15, 0.2) is 17.3 Å². The quantitative estimate of drug-likeness (QED) is 0.676. The third-order valence-corrected chi connectivity index (χ3v) is 4.04. The fraction of sp³-hybridized carbons (Fsp3) is 0.556. The topological polar surface area (TPSA) is 112 Å². The molecule has 96 valence electrons. The van der Waals surface area contributed by atoms with Crippen molar-refractivity contribution in [2.45, 2.75) is 25.3 Å². The van der Waals surface area contributed by atoms with E-state index >= 15 is 0 Å². The lowest BCUT2D eigenvalue weighted by molar-refractivity contribution is -0.147. The van der Waals surface area contributed by atoms with Gasteiger partial charge < -0.3 is 5.11 Å². The summed E-state index contributed by atoms with van der Waals surface area (Å²) in [5, 5.41) is 14.8. The Labute approximate surface area is 99.3 Å². The Morgan fingerprint density at radius 1 is 1.65 bits per heavy atom. The van der Waals surface area contributed by atoms with Crippen LogP contribution in [0.1, 0.15) is 20.3 Å². The van der Waals surface area contributed by atoms with Crippen molar-refractivity contribution in [2.75, 3.05) is 6.54 Å². The van der Waals surface area contributed by atoms with Crippen LogP contribution in [0.25, 0.3) is 0 Å². The summed E-state index contributed by atoms with van der Waals surface area (Å²) in [6.07, 6.45) is 1.64. The SMILES string of the molecule is CCC(C)(CNS(=O)(=O)c1ccn[nH]1)C(=O)O. The van der Waals surface area contributed by atoms with Gasteiger partial charge in [-0.3, -0.25) is 9.89 Å². The maximum Gasteiger partial charge on any atom is 0.310 e. The van der Waals surface area contributed by atoms with Gasteiger partial charge in [-0.25, -0.2) is 13.1 Å². The highest BCUT2D eigenvalue weighted by atomic mass is 32.2. The van der Waals surface area contributed by atoms with Crippen LogP contribution in [-0.2, 0) is 14.8 Å². The van der Waals surface area contributed by atoms with Crippen molar-refractivity contribution >= 4 is 16.0 Å². The number of aliphatic carboxylic acids is 1. The zero-order chi connectivity index (χ0) is 13.1. The van der Waals surface area contributed by atoms with Crippen molar-refractivity contribution in [3.8, 4) is 0 Å². The lowest BCUT2D eigenvalue weighted by atomic mass is 9.88. The molecule has 0 aromatic carbocycles. The third kappa shape index (κ3) is 3.04. The number of aromatic amines is 1. The number of nitrogens with one attached hydrogen (secondary N) is 2. The molecule has 17 heavy (non-hydrogen) atoms. The first kappa shape index (κ1) is 13.7. The molecule has 1 aromatic rings. The number of aromatic nitrogens is 2. The number of nitrogens with zero attached hydrogens (tertiary/aromatic N) is 1. The minimum atomic E-state index is -3.73. The van der Waals surface area contributed by atoms with Crippen molar-refractivity contribution in [1.29, 1.82) is 0 Å². The number of carboxylic acids is 1. The van der Waals surface area contributed by atoms with Gasteiger partial charge in [-0.05, 0) is 19.4 Å². The Bertz CT molecular complexity index is 482. The Morgan fingerprint density at radius 2 is 2.29 bits per heavy atom. The Morgan fingerprint density at radius 3 is 2.71 bits per heavy atom. The van der Waals surface area contributed by atoms with Gasteiger partial charge in [0, 0.05) is 6.54 Å². The van der Waals surface area contributed by atoms with Crippen molar-refractivity contribution in [2.24, 2.45) is 5.41 Å². The van der Waals surface area contributed by atoms with E-state index in [0.717, 1.165) is 0 Å². The van der Waals surface area contributed by atoms with E-state index in [1.54, 1.807) is 6.92 Å². The van der Waals surface area contributed by atoms with Gasteiger partial charge in [0.15, 0.2) is 5.03 Å². The van der Waals surface area contributed by atoms with Crippen LogP contribution < -0.4 is 4.72 Å². The molecule has 7 nitrogen and oxygen atoms in total. The molecule has 1 heterocycles. The van der Waals surface area contributed by atoms with Crippen molar-refractivity contribution < 1.29 is 18.3 Å². The standard InChI is InChI=1S/C9H15N3O4S/c1-3-9(2,8(13)14)6-11-17(15,16)7-4-5-10-12-7/h4-5,11H,3,6H2,1-2H3,(H,10,12)(H,13,14). The minimum Gasteiger partial charge on any atom is -0.481 e. The molecule has 1 unspecified atom stereocenters. The summed E-state index contributed by atoms with van der Waals surface area (Å²) in [7, 11) is -3.73. The number of carbonyl (C=O) groups is 1. The third-order valence-electron chi connectivity index (χ3n) is 2.71. The molecule has 0 aliphatic rings. The summed E-state index contributed by atoms with van der Waals surface area (Å²) >= 11 is 0. The van der Waals surface area contributed by atoms with Crippen LogP contribution in [-0.4, -0.2) is 36.2 Å². The lowest BCUT2D eigenvalue weighted by Gasteiger charge is -2.22. The molecule has 0 saturated heterocycles. The highest BCUT2D eigenvalue weighted by molar-refractivity contribution is 7.89. The van der Waals surface area contributed by atoms with Gasteiger partial charge in [-0.1, -0.05) is 6.92 Å². The second-order valence-corrected chi connectivity index (χ2v) is 5.70. The lowest BCUT2D eigenvalue weighted by Crippen LogP contribution is -2.40. The summed E-state index contributed by atoms with van der Waals surface area (Å²) in [6.45, 7) is 3.02. The number of carboxylic acid groups (broad SMARTS) is 1. The van der Waals surface area contributed by atoms with Crippen LogP contribution >= 0.6 is 0 Å². The van der Waals surface area contributed by atoms with Gasteiger partial charge in [0.2, 0.25) is 0 Å². The highest BCUT2D eigenvalue weighted by Gasteiger charge is 2.32. The Balaban J connectivity index is 2.78. The smallest absolute Gasteiger partial charge is 0.310 e. The van der Waals surface area contributed by atoms with E-state index in [9.17, 15) is 13.2 Å². The average molecular weight is 261 g/mol. The van der Waals surface area contributed by atoms with Crippen molar-refractivity contribution in [3.63, 3.8) is 0 Å². The van der Waals surface area contributed by atoms with E-state index in [2.05, 4.69) is 14.9 Å². The summed E-state index contributed by atoms with van der Waals surface area (Å²) < 4.78 is 25.7. The Hall–Kier alpha value is -1.41. The van der Waals surface area contributed by atoms with Crippen LogP contribution in [0.3, 0.4) is 0 Å². The molecule has 8 heteroatoms. The van der Waals surface area contributed by atoms with Gasteiger partial charge in [-0.15, -0.1) is 0 Å². The molecule has 3 N–H and O–H groups in total. The van der Waals surface area contributed by atoms with Gasteiger partial charge in [0.05, 0.1) is 11.6 Å². The second-order valence-electron chi connectivity index (χ2n) is 3.96. The predicted octanol–water partition coefficient (Wildman–Crippen LogP) is 0.189. The largest absolute Gasteiger partial charge is 0.481 e. The van der Waals surface area contributed by atoms with Crippen LogP contribution in [0.5, 0.6) is 0 Å². The first-order chi connectivity index (χ1) is 7.82.